The molecule has 1 aromatic rings. The molecule has 0 radical (unpaired) electrons. The van der Waals surface area contributed by atoms with Gasteiger partial charge in [0, 0.05) is 26.1 Å². The van der Waals surface area contributed by atoms with E-state index < -0.39 is 0 Å². The minimum absolute atomic E-state index is 0.0858. The third kappa shape index (κ3) is 4.71. The zero-order valence-corrected chi connectivity index (χ0v) is 15.1. The van der Waals surface area contributed by atoms with Gasteiger partial charge in [0.1, 0.15) is 0 Å². The number of nitrogens with zero attached hydrogens (tertiary/aromatic N) is 1. The molecular weight excluding hydrogens is 286 g/mol. The molecule has 0 aliphatic heterocycles. The molecule has 23 heavy (non-hydrogen) atoms. The van der Waals surface area contributed by atoms with E-state index in [9.17, 15) is 0 Å². The van der Waals surface area contributed by atoms with E-state index in [0.717, 1.165) is 25.5 Å². The standard InChI is InChI=1S/C19H31N3O/c1-6-20-18(22-13-17(23-5)19(2,3)4)21-12-15-11-14-9-7-8-10-16(14)15/h7-10,15,17H,6,11-13H2,1-5H3,(H2,20,21,22). The largest absolute Gasteiger partial charge is 0.379 e. The molecule has 0 saturated carbocycles. The second-order valence-electron chi connectivity index (χ2n) is 7.29. The van der Waals surface area contributed by atoms with E-state index in [2.05, 4.69) is 62.6 Å². The number of hydrogen-bond acceptors (Lipinski definition) is 2. The fourth-order valence-corrected chi connectivity index (χ4v) is 2.98. The Kier molecular flexibility index (Phi) is 6.05. The van der Waals surface area contributed by atoms with Crippen molar-refractivity contribution in [3.8, 4) is 0 Å². The zero-order chi connectivity index (χ0) is 16.9. The number of aliphatic imine (C=N–C) groups is 1. The van der Waals surface area contributed by atoms with Gasteiger partial charge in [-0.3, -0.25) is 4.99 Å². The van der Waals surface area contributed by atoms with Crippen LogP contribution in [0.4, 0.5) is 0 Å². The van der Waals surface area contributed by atoms with E-state index in [1.807, 2.05) is 0 Å². The molecule has 1 aliphatic carbocycles. The van der Waals surface area contributed by atoms with E-state index in [-0.39, 0.29) is 11.5 Å². The first-order valence-corrected chi connectivity index (χ1v) is 8.58. The van der Waals surface area contributed by atoms with Crippen molar-refractivity contribution >= 4 is 5.96 Å². The Morgan fingerprint density at radius 3 is 2.65 bits per heavy atom. The van der Waals surface area contributed by atoms with Crippen molar-refractivity contribution < 1.29 is 4.74 Å². The molecule has 0 bridgehead atoms. The van der Waals surface area contributed by atoms with Gasteiger partial charge in [0.05, 0.1) is 12.6 Å². The smallest absolute Gasteiger partial charge is 0.191 e. The van der Waals surface area contributed by atoms with Crippen LogP contribution < -0.4 is 10.6 Å². The van der Waals surface area contributed by atoms with Crippen LogP contribution in [0, 0.1) is 5.41 Å². The molecule has 0 heterocycles. The predicted molar refractivity (Wildman–Crippen MR) is 97.1 cm³/mol. The number of hydrogen-bond donors (Lipinski definition) is 2. The Labute approximate surface area is 140 Å². The van der Waals surface area contributed by atoms with Crippen LogP contribution in [0.1, 0.15) is 44.7 Å². The maximum absolute atomic E-state index is 5.59. The first kappa shape index (κ1) is 17.8. The van der Waals surface area contributed by atoms with Crippen molar-refractivity contribution in [1.82, 2.24) is 10.6 Å². The SMILES string of the molecule is CCNC(=NCC(OC)C(C)(C)C)NCC1Cc2ccccc21. The normalized spacial score (nSPS) is 18.8. The molecule has 1 aromatic carbocycles. The third-order valence-electron chi connectivity index (χ3n) is 4.49. The van der Waals surface area contributed by atoms with E-state index >= 15 is 0 Å². The average Bonchev–Trinajstić information content (AvgIpc) is 2.47. The van der Waals surface area contributed by atoms with E-state index in [1.165, 1.54) is 11.1 Å². The van der Waals surface area contributed by atoms with E-state index in [1.54, 1.807) is 7.11 Å². The molecular formula is C19H31N3O. The summed E-state index contributed by atoms with van der Waals surface area (Å²) in [4.78, 5) is 4.71. The first-order valence-electron chi connectivity index (χ1n) is 8.58. The third-order valence-corrected chi connectivity index (χ3v) is 4.49. The Morgan fingerprint density at radius 1 is 1.30 bits per heavy atom. The molecule has 4 heteroatoms. The Bertz CT molecular complexity index is 534. The van der Waals surface area contributed by atoms with Crippen LogP contribution in [0.25, 0.3) is 0 Å². The molecule has 0 spiro atoms. The van der Waals surface area contributed by atoms with E-state index in [4.69, 9.17) is 9.73 Å². The van der Waals surface area contributed by atoms with Crippen molar-refractivity contribution in [3.05, 3.63) is 35.4 Å². The zero-order valence-electron chi connectivity index (χ0n) is 15.1. The highest BCUT2D eigenvalue weighted by atomic mass is 16.5. The van der Waals surface area contributed by atoms with Crippen LogP contribution in [-0.2, 0) is 11.2 Å². The van der Waals surface area contributed by atoms with Gasteiger partial charge < -0.3 is 15.4 Å². The van der Waals surface area contributed by atoms with Gasteiger partial charge in [-0.25, -0.2) is 0 Å². The number of benzene rings is 1. The van der Waals surface area contributed by atoms with Gasteiger partial charge in [-0.1, -0.05) is 45.0 Å². The molecule has 0 saturated heterocycles. The topological polar surface area (TPSA) is 45.7 Å². The minimum Gasteiger partial charge on any atom is -0.379 e. The van der Waals surface area contributed by atoms with Gasteiger partial charge in [-0.15, -0.1) is 0 Å². The Morgan fingerprint density at radius 2 is 2.04 bits per heavy atom. The van der Waals surface area contributed by atoms with Crippen molar-refractivity contribution in [3.63, 3.8) is 0 Å². The lowest BCUT2D eigenvalue weighted by atomic mass is 9.78. The minimum atomic E-state index is 0.0858. The number of nitrogens with one attached hydrogen (secondary N) is 2. The molecule has 0 aromatic heterocycles. The molecule has 2 atom stereocenters. The van der Waals surface area contributed by atoms with Gasteiger partial charge in [0.15, 0.2) is 5.96 Å². The predicted octanol–water partition coefficient (Wildman–Crippen LogP) is 2.94. The van der Waals surface area contributed by atoms with Crippen LogP contribution in [0.15, 0.2) is 29.3 Å². The summed E-state index contributed by atoms with van der Waals surface area (Å²) in [5.41, 5.74) is 3.04. The number of ether oxygens (including phenoxy) is 1. The lowest BCUT2D eigenvalue weighted by molar-refractivity contribution is 0.0241. The molecule has 128 valence electrons. The van der Waals surface area contributed by atoms with Crippen LogP contribution in [-0.4, -0.2) is 38.8 Å². The van der Waals surface area contributed by atoms with Gasteiger partial charge in [-0.2, -0.15) is 0 Å². The van der Waals surface area contributed by atoms with Crippen LogP contribution in [0.2, 0.25) is 0 Å². The fraction of sp³-hybridized carbons (Fsp3) is 0.632. The van der Waals surface area contributed by atoms with Crippen LogP contribution >= 0.6 is 0 Å². The summed E-state index contributed by atoms with van der Waals surface area (Å²) in [5.74, 6) is 1.47. The quantitative estimate of drug-likeness (QED) is 0.626. The lowest BCUT2D eigenvalue weighted by Gasteiger charge is -2.31. The summed E-state index contributed by atoms with van der Waals surface area (Å²) >= 11 is 0. The summed E-state index contributed by atoms with van der Waals surface area (Å²) in [7, 11) is 1.76. The van der Waals surface area contributed by atoms with E-state index in [0.29, 0.717) is 12.5 Å². The summed E-state index contributed by atoms with van der Waals surface area (Å²) in [6, 6.07) is 8.69. The average molecular weight is 317 g/mol. The van der Waals surface area contributed by atoms with Crippen molar-refractivity contribution in [1.29, 1.82) is 0 Å². The number of guanidine groups is 1. The first-order chi connectivity index (χ1) is 11.0. The highest BCUT2D eigenvalue weighted by Gasteiger charge is 2.26. The summed E-state index contributed by atoms with van der Waals surface area (Å²) in [6.45, 7) is 11.1. The Balaban J connectivity index is 1.90. The number of fused-ring (bicyclic) bond motifs is 1. The molecule has 0 fully saturated rings. The molecule has 2 rings (SSSR count). The van der Waals surface area contributed by atoms with Crippen LogP contribution in [0.3, 0.4) is 0 Å². The second-order valence-corrected chi connectivity index (χ2v) is 7.29. The maximum Gasteiger partial charge on any atom is 0.191 e. The van der Waals surface area contributed by atoms with Crippen molar-refractivity contribution in [2.24, 2.45) is 10.4 Å². The van der Waals surface area contributed by atoms with Gasteiger partial charge in [0.2, 0.25) is 0 Å². The maximum atomic E-state index is 5.59. The Hall–Kier alpha value is -1.55. The van der Waals surface area contributed by atoms with Crippen LogP contribution in [0.5, 0.6) is 0 Å². The second kappa shape index (κ2) is 7.82. The van der Waals surface area contributed by atoms with Crippen molar-refractivity contribution in [2.45, 2.75) is 46.1 Å². The van der Waals surface area contributed by atoms with Crippen molar-refractivity contribution in [2.75, 3.05) is 26.7 Å². The highest BCUT2D eigenvalue weighted by Crippen LogP contribution is 2.33. The monoisotopic (exact) mass is 317 g/mol. The summed E-state index contributed by atoms with van der Waals surface area (Å²) < 4.78 is 5.59. The fourth-order valence-electron chi connectivity index (χ4n) is 2.98. The van der Waals surface area contributed by atoms with Gasteiger partial charge >= 0.3 is 0 Å². The summed E-state index contributed by atoms with van der Waals surface area (Å²) in [6.07, 6.45) is 1.27. The van der Waals surface area contributed by atoms with Gasteiger partial charge in [-0.05, 0) is 29.9 Å². The van der Waals surface area contributed by atoms with Gasteiger partial charge in [0.25, 0.3) is 0 Å². The molecule has 1 aliphatic rings. The molecule has 2 N–H and O–H groups in total. The molecule has 4 nitrogen and oxygen atoms in total. The number of rotatable bonds is 6. The number of methoxy groups -OCH3 is 1. The molecule has 0 amide bonds. The summed E-state index contributed by atoms with van der Waals surface area (Å²) in [5, 5.41) is 6.80. The molecule has 2 unspecified atom stereocenters. The highest BCUT2D eigenvalue weighted by molar-refractivity contribution is 5.79. The lowest BCUT2D eigenvalue weighted by Crippen LogP contribution is -2.42.